The minimum Gasteiger partial charge on any atom is -0.368 e. The molecule has 0 unspecified atom stereocenters. The highest BCUT2D eigenvalue weighted by Crippen LogP contribution is 2.27. The van der Waals surface area contributed by atoms with E-state index in [1.165, 1.54) is 11.3 Å². The Morgan fingerprint density at radius 3 is 2.39 bits per heavy atom. The van der Waals surface area contributed by atoms with Gasteiger partial charge < -0.3 is 9.80 Å². The molecule has 1 aliphatic heterocycles. The average molecular weight is 459 g/mol. The molecule has 2 aromatic heterocycles. The van der Waals surface area contributed by atoms with E-state index >= 15 is 0 Å². The molecule has 166 valence electrons. The molecule has 0 aliphatic carbocycles. The third-order valence-electron chi connectivity index (χ3n) is 5.90. The van der Waals surface area contributed by atoms with Crippen LogP contribution in [0.25, 0.3) is 16.9 Å². The highest BCUT2D eigenvalue weighted by molar-refractivity contribution is 6.30. The zero-order valence-corrected chi connectivity index (χ0v) is 19.0. The lowest BCUT2D eigenvalue weighted by molar-refractivity contribution is 0.0741. The van der Waals surface area contributed by atoms with Crippen LogP contribution in [0.15, 0.2) is 73.1 Å². The molecule has 7 nitrogen and oxygen atoms in total. The maximum atomic E-state index is 13.6. The van der Waals surface area contributed by atoms with Crippen LogP contribution in [-0.2, 0) is 0 Å². The Kier molecular flexibility index (Phi) is 5.79. The van der Waals surface area contributed by atoms with Gasteiger partial charge in [0.2, 0.25) is 0 Å². The smallest absolute Gasteiger partial charge is 0.276 e. The van der Waals surface area contributed by atoms with Crippen LogP contribution in [0, 0.1) is 6.92 Å². The Bertz CT molecular complexity index is 1260. The van der Waals surface area contributed by atoms with Crippen LogP contribution < -0.4 is 4.90 Å². The molecule has 1 saturated heterocycles. The molecule has 3 heterocycles. The number of para-hydroxylation sites is 1. The molecule has 0 N–H and O–H groups in total. The van der Waals surface area contributed by atoms with E-state index in [-0.39, 0.29) is 5.91 Å². The molecule has 0 saturated carbocycles. The number of carbonyl (C=O) groups excluding carboxylic acids is 1. The fraction of sp³-hybridized carbons (Fsp3) is 0.200. The minimum absolute atomic E-state index is 0.126. The Morgan fingerprint density at radius 2 is 1.70 bits per heavy atom. The molecule has 1 aliphatic rings. The van der Waals surface area contributed by atoms with Gasteiger partial charge in [-0.3, -0.25) is 9.78 Å². The molecule has 0 bridgehead atoms. The largest absolute Gasteiger partial charge is 0.368 e. The molecule has 1 amide bonds. The molecule has 0 atom stereocenters. The van der Waals surface area contributed by atoms with Crippen LogP contribution in [0.4, 0.5) is 5.69 Å². The van der Waals surface area contributed by atoms with Gasteiger partial charge in [0.15, 0.2) is 5.69 Å². The molecule has 33 heavy (non-hydrogen) atoms. The standard InChI is InChI=1S/C25H23ClN6O/c1-18-5-2-3-7-22(18)30-13-15-31(16-14-30)25(33)23-24(19-6-4-12-27-17-19)32(29-28-23)21-10-8-20(26)9-11-21/h2-12,17H,13-16H2,1H3. The summed E-state index contributed by atoms with van der Waals surface area (Å²) < 4.78 is 1.67. The van der Waals surface area contributed by atoms with Crippen LogP contribution in [-0.4, -0.2) is 57.0 Å². The molecule has 2 aromatic carbocycles. The van der Waals surface area contributed by atoms with E-state index in [1.807, 2.05) is 35.2 Å². The maximum absolute atomic E-state index is 13.6. The van der Waals surface area contributed by atoms with Crippen molar-refractivity contribution < 1.29 is 4.79 Å². The number of aromatic nitrogens is 4. The topological polar surface area (TPSA) is 67.2 Å². The van der Waals surface area contributed by atoms with Crippen LogP contribution in [0.3, 0.4) is 0 Å². The van der Waals surface area contributed by atoms with Crippen molar-refractivity contribution in [1.82, 2.24) is 24.9 Å². The summed E-state index contributed by atoms with van der Waals surface area (Å²) in [4.78, 5) is 22.0. The molecule has 5 rings (SSSR count). The Hall–Kier alpha value is -3.71. The molecular formula is C25H23ClN6O. The van der Waals surface area contributed by atoms with Crippen LogP contribution in [0.5, 0.6) is 0 Å². The van der Waals surface area contributed by atoms with Crippen molar-refractivity contribution in [1.29, 1.82) is 0 Å². The van der Waals surface area contributed by atoms with Crippen LogP contribution in [0.1, 0.15) is 16.1 Å². The number of nitrogens with zero attached hydrogens (tertiary/aromatic N) is 6. The van der Waals surface area contributed by atoms with Gasteiger partial charge in [-0.25, -0.2) is 4.68 Å². The monoisotopic (exact) mass is 458 g/mol. The van der Waals surface area contributed by atoms with Gasteiger partial charge in [0.05, 0.1) is 5.69 Å². The van der Waals surface area contributed by atoms with Crippen LogP contribution >= 0.6 is 11.6 Å². The van der Waals surface area contributed by atoms with E-state index in [1.54, 1.807) is 29.2 Å². The summed E-state index contributed by atoms with van der Waals surface area (Å²) in [7, 11) is 0. The second-order valence-corrected chi connectivity index (χ2v) is 8.42. The SMILES string of the molecule is Cc1ccccc1N1CCN(C(=O)c2nnn(-c3ccc(Cl)cc3)c2-c2cccnc2)CC1. The zero-order valence-electron chi connectivity index (χ0n) is 18.2. The lowest BCUT2D eigenvalue weighted by Gasteiger charge is -2.36. The van der Waals surface area contributed by atoms with Crippen molar-refractivity contribution in [2.45, 2.75) is 6.92 Å². The third kappa shape index (κ3) is 4.19. The number of hydrogen-bond donors (Lipinski definition) is 0. The molecule has 8 heteroatoms. The number of anilines is 1. The maximum Gasteiger partial charge on any atom is 0.276 e. The van der Waals surface area contributed by atoms with Crippen molar-refractivity contribution in [3.8, 4) is 16.9 Å². The van der Waals surface area contributed by atoms with Gasteiger partial charge in [-0.15, -0.1) is 5.10 Å². The number of hydrogen-bond acceptors (Lipinski definition) is 5. The van der Waals surface area contributed by atoms with Crippen LogP contribution in [0.2, 0.25) is 5.02 Å². The summed E-state index contributed by atoms with van der Waals surface area (Å²) in [5.41, 5.74) is 4.95. The Labute approximate surface area is 197 Å². The van der Waals surface area contributed by atoms with Gasteiger partial charge in [-0.05, 0) is 55.0 Å². The number of rotatable bonds is 4. The summed E-state index contributed by atoms with van der Waals surface area (Å²) in [5, 5.41) is 9.25. The fourth-order valence-electron chi connectivity index (χ4n) is 4.17. The van der Waals surface area contributed by atoms with E-state index in [4.69, 9.17) is 11.6 Å². The predicted octanol–water partition coefficient (Wildman–Crippen LogP) is 4.25. The van der Waals surface area contributed by atoms with Gasteiger partial charge in [0.1, 0.15) is 5.69 Å². The van der Waals surface area contributed by atoms with Gasteiger partial charge in [0, 0.05) is 54.8 Å². The molecular weight excluding hydrogens is 436 g/mol. The number of halogens is 1. The van der Waals surface area contributed by atoms with E-state index in [9.17, 15) is 4.79 Å². The highest BCUT2D eigenvalue weighted by atomic mass is 35.5. The minimum atomic E-state index is -0.126. The van der Waals surface area contributed by atoms with E-state index in [0.29, 0.717) is 29.5 Å². The van der Waals surface area contributed by atoms with Gasteiger partial charge in [-0.1, -0.05) is 35.0 Å². The summed E-state index contributed by atoms with van der Waals surface area (Å²) in [5.74, 6) is -0.126. The highest BCUT2D eigenvalue weighted by Gasteiger charge is 2.29. The quantitative estimate of drug-likeness (QED) is 0.457. The number of aryl methyl sites for hydroxylation is 1. The predicted molar refractivity (Wildman–Crippen MR) is 129 cm³/mol. The van der Waals surface area contributed by atoms with Gasteiger partial charge >= 0.3 is 0 Å². The summed E-state index contributed by atoms with van der Waals surface area (Å²) in [6.45, 7) is 4.89. The van der Waals surface area contributed by atoms with Crippen molar-refractivity contribution in [2.75, 3.05) is 31.1 Å². The van der Waals surface area contributed by atoms with Crippen molar-refractivity contribution in [3.05, 3.63) is 89.3 Å². The van der Waals surface area contributed by atoms with Crippen molar-refractivity contribution >= 4 is 23.2 Å². The first kappa shape index (κ1) is 21.2. The second kappa shape index (κ2) is 9.03. The Morgan fingerprint density at radius 1 is 0.939 bits per heavy atom. The average Bonchev–Trinajstić information content (AvgIpc) is 3.30. The number of piperazine rings is 1. The van der Waals surface area contributed by atoms with Crippen molar-refractivity contribution in [3.63, 3.8) is 0 Å². The van der Waals surface area contributed by atoms with Gasteiger partial charge in [0.25, 0.3) is 5.91 Å². The zero-order chi connectivity index (χ0) is 22.8. The van der Waals surface area contributed by atoms with Gasteiger partial charge in [-0.2, -0.15) is 0 Å². The number of carbonyl (C=O) groups is 1. The lowest BCUT2D eigenvalue weighted by atomic mass is 10.1. The second-order valence-electron chi connectivity index (χ2n) is 7.98. The first-order chi connectivity index (χ1) is 16.1. The summed E-state index contributed by atoms with van der Waals surface area (Å²) >= 11 is 6.06. The number of pyridine rings is 1. The Balaban J connectivity index is 1.44. The molecule has 4 aromatic rings. The number of amides is 1. The third-order valence-corrected chi connectivity index (χ3v) is 6.15. The molecule has 0 spiro atoms. The van der Waals surface area contributed by atoms with E-state index in [2.05, 4.69) is 45.3 Å². The normalized spacial score (nSPS) is 13.9. The molecule has 1 fully saturated rings. The van der Waals surface area contributed by atoms with E-state index < -0.39 is 0 Å². The fourth-order valence-corrected chi connectivity index (χ4v) is 4.30. The summed E-state index contributed by atoms with van der Waals surface area (Å²) in [6, 6.07) is 19.4. The summed E-state index contributed by atoms with van der Waals surface area (Å²) in [6.07, 6.45) is 3.42. The first-order valence-corrected chi connectivity index (χ1v) is 11.2. The lowest BCUT2D eigenvalue weighted by Crippen LogP contribution is -2.49. The number of benzene rings is 2. The van der Waals surface area contributed by atoms with E-state index in [0.717, 1.165) is 24.3 Å². The molecule has 0 radical (unpaired) electrons. The van der Waals surface area contributed by atoms with Crippen molar-refractivity contribution in [2.24, 2.45) is 0 Å². The first-order valence-electron chi connectivity index (χ1n) is 10.8.